The number of hydrogen-bond donors (Lipinski definition) is 1. The van der Waals surface area contributed by atoms with Crippen molar-refractivity contribution in [2.24, 2.45) is 0 Å². The lowest BCUT2D eigenvalue weighted by Gasteiger charge is -2.26. The van der Waals surface area contributed by atoms with Crippen molar-refractivity contribution in [1.29, 1.82) is 0 Å². The summed E-state index contributed by atoms with van der Waals surface area (Å²) in [5.74, 6) is -0.0383. The summed E-state index contributed by atoms with van der Waals surface area (Å²) >= 11 is 0. The van der Waals surface area contributed by atoms with E-state index >= 15 is 0 Å². The van der Waals surface area contributed by atoms with Gasteiger partial charge in [0.05, 0.1) is 31.9 Å². The maximum absolute atomic E-state index is 13.2. The van der Waals surface area contributed by atoms with Crippen LogP contribution in [0.1, 0.15) is 50.3 Å². The molecule has 0 aliphatic carbocycles. The van der Waals surface area contributed by atoms with Crippen molar-refractivity contribution < 1.29 is 33.6 Å². The molecule has 0 aromatic heterocycles. The molecule has 8 nitrogen and oxygen atoms in total. The first kappa shape index (κ1) is 27.1. The van der Waals surface area contributed by atoms with E-state index in [-0.39, 0.29) is 17.9 Å². The predicted octanol–water partition coefficient (Wildman–Crippen LogP) is 4.73. The maximum Gasteiger partial charge on any atom is 0.295 e. The van der Waals surface area contributed by atoms with Crippen LogP contribution >= 0.6 is 0 Å². The number of likely N-dealkylation sites (tertiary alicyclic amines) is 1. The van der Waals surface area contributed by atoms with Gasteiger partial charge in [0.15, 0.2) is 11.5 Å². The van der Waals surface area contributed by atoms with Gasteiger partial charge in [0.1, 0.15) is 11.5 Å². The quantitative estimate of drug-likeness (QED) is 0.185. The van der Waals surface area contributed by atoms with Crippen LogP contribution in [0.5, 0.6) is 17.2 Å². The van der Waals surface area contributed by atoms with Crippen LogP contribution in [0.25, 0.3) is 5.76 Å². The molecule has 194 valence electrons. The summed E-state index contributed by atoms with van der Waals surface area (Å²) in [6.07, 6.45) is 2.44. The first-order valence-electron chi connectivity index (χ1n) is 12.3. The summed E-state index contributed by atoms with van der Waals surface area (Å²) < 4.78 is 22.0. The third-order valence-electron chi connectivity index (χ3n) is 5.96. The molecule has 36 heavy (non-hydrogen) atoms. The Morgan fingerprint density at radius 2 is 1.78 bits per heavy atom. The molecule has 0 saturated carbocycles. The number of nitrogens with zero attached hydrogens (tertiary/aromatic N) is 1. The second kappa shape index (κ2) is 13.0. The second-order valence-corrected chi connectivity index (χ2v) is 8.41. The average Bonchev–Trinajstić information content (AvgIpc) is 3.14. The number of methoxy groups -OCH3 is 2. The lowest BCUT2D eigenvalue weighted by Crippen LogP contribution is -2.31. The van der Waals surface area contributed by atoms with Gasteiger partial charge in [-0.3, -0.25) is 9.59 Å². The van der Waals surface area contributed by atoms with Crippen LogP contribution in [0.4, 0.5) is 0 Å². The van der Waals surface area contributed by atoms with Gasteiger partial charge in [-0.1, -0.05) is 31.5 Å². The minimum Gasteiger partial charge on any atom is -0.507 e. The Balaban J connectivity index is 2.09. The van der Waals surface area contributed by atoms with Gasteiger partial charge in [0.2, 0.25) is 0 Å². The van der Waals surface area contributed by atoms with Gasteiger partial charge in [-0.05, 0) is 49.6 Å². The molecule has 0 spiro atoms. The highest BCUT2D eigenvalue weighted by Crippen LogP contribution is 2.42. The van der Waals surface area contributed by atoms with Gasteiger partial charge in [-0.15, -0.1) is 0 Å². The number of hydrogen-bond acceptors (Lipinski definition) is 7. The molecule has 1 aliphatic heterocycles. The minimum absolute atomic E-state index is 0.0225. The Morgan fingerprint density at radius 1 is 0.972 bits per heavy atom. The van der Waals surface area contributed by atoms with E-state index in [1.807, 2.05) is 6.92 Å². The summed E-state index contributed by atoms with van der Waals surface area (Å²) in [6.45, 7) is 5.68. The number of ketones is 1. The predicted molar refractivity (Wildman–Crippen MR) is 137 cm³/mol. The number of Topliss-reactive ketones (excluding diaryl/α,β-unsaturated/α-hetero) is 1. The molecule has 8 heteroatoms. The number of carbonyl (C=O) groups is 2. The lowest BCUT2D eigenvalue weighted by atomic mass is 9.95. The van der Waals surface area contributed by atoms with Crippen LogP contribution in [-0.2, 0) is 14.3 Å². The maximum atomic E-state index is 13.2. The molecule has 1 unspecified atom stereocenters. The van der Waals surface area contributed by atoms with Crippen LogP contribution in [-0.4, -0.2) is 62.3 Å². The van der Waals surface area contributed by atoms with E-state index in [0.29, 0.717) is 54.6 Å². The Morgan fingerprint density at radius 3 is 2.47 bits per heavy atom. The van der Waals surface area contributed by atoms with Gasteiger partial charge in [0.25, 0.3) is 11.7 Å². The highest BCUT2D eigenvalue weighted by atomic mass is 16.5. The van der Waals surface area contributed by atoms with E-state index < -0.39 is 17.7 Å². The monoisotopic (exact) mass is 497 g/mol. The summed E-state index contributed by atoms with van der Waals surface area (Å²) in [6, 6.07) is 11.4. The number of aliphatic hydroxyl groups is 1. The molecule has 1 amide bonds. The van der Waals surface area contributed by atoms with Gasteiger partial charge in [-0.25, -0.2) is 0 Å². The molecule has 2 aromatic carbocycles. The van der Waals surface area contributed by atoms with E-state index in [0.717, 1.165) is 12.8 Å². The third-order valence-corrected chi connectivity index (χ3v) is 5.96. The van der Waals surface area contributed by atoms with Gasteiger partial charge in [-0.2, -0.15) is 0 Å². The topological polar surface area (TPSA) is 94.5 Å². The van der Waals surface area contributed by atoms with Gasteiger partial charge in [0, 0.05) is 25.8 Å². The molecule has 0 bridgehead atoms. The Hall–Kier alpha value is -3.52. The molecule has 0 radical (unpaired) electrons. The Kier molecular flexibility index (Phi) is 9.76. The number of benzene rings is 2. The fourth-order valence-electron chi connectivity index (χ4n) is 4.19. The fourth-order valence-corrected chi connectivity index (χ4v) is 4.19. The van der Waals surface area contributed by atoms with E-state index in [9.17, 15) is 14.7 Å². The molecule has 1 saturated heterocycles. The smallest absolute Gasteiger partial charge is 0.295 e. The summed E-state index contributed by atoms with van der Waals surface area (Å²) in [4.78, 5) is 27.8. The van der Waals surface area contributed by atoms with Crippen LogP contribution in [0.2, 0.25) is 0 Å². The van der Waals surface area contributed by atoms with Crippen LogP contribution in [0.3, 0.4) is 0 Å². The van der Waals surface area contributed by atoms with Crippen molar-refractivity contribution in [1.82, 2.24) is 4.90 Å². The molecule has 1 heterocycles. The molecular formula is C28H35NO7. The number of rotatable bonds is 13. The highest BCUT2D eigenvalue weighted by molar-refractivity contribution is 6.46. The third kappa shape index (κ3) is 5.99. The van der Waals surface area contributed by atoms with Crippen LogP contribution in [0, 0.1) is 0 Å². The minimum atomic E-state index is -0.795. The van der Waals surface area contributed by atoms with Crippen molar-refractivity contribution in [3.05, 3.63) is 59.2 Å². The Bertz CT molecular complexity index is 1100. The first-order chi connectivity index (χ1) is 17.5. The van der Waals surface area contributed by atoms with Crippen molar-refractivity contribution >= 4 is 17.4 Å². The van der Waals surface area contributed by atoms with E-state index in [1.54, 1.807) is 49.6 Å². The largest absolute Gasteiger partial charge is 0.507 e. The van der Waals surface area contributed by atoms with Crippen LogP contribution < -0.4 is 14.2 Å². The van der Waals surface area contributed by atoms with Crippen molar-refractivity contribution in [2.45, 2.75) is 39.2 Å². The number of carbonyl (C=O) groups excluding carboxylic acids is 2. The standard InChI is InChI=1S/C28H35NO7/c1-5-7-16-36-21-11-8-10-20(17-21)26(30)24-25(29(14-9-15-33-3)28(32)27(24)31)19-12-13-22(35-6-2)23(18-19)34-4/h8,10-13,17-18,25,30H,5-7,9,14-16H2,1-4H3/b26-24+. The van der Waals surface area contributed by atoms with Gasteiger partial charge < -0.3 is 29.0 Å². The van der Waals surface area contributed by atoms with Crippen LogP contribution in [0.15, 0.2) is 48.0 Å². The van der Waals surface area contributed by atoms with Crippen molar-refractivity contribution in [3.63, 3.8) is 0 Å². The molecule has 3 rings (SSSR count). The first-order valence-corrected chi connectivity index (χ1v) is 12.3. The molecule has 1 N–H and O–H groups in total. The molecule has 1 atom stereocenters. The zero-order valence-electron chi connectivity index (χ0n) is 21.4. The van der Waals surface area contributed by atoms with E-state index in [1.165, 1.54) is 12.0 Å². The second-order valence-electron chi connectivity index (χ2n) is 8.41. The summed E-state index contributed by atoms with van der Waals surface area (Å²) in [7, 11) is 3.11. The summed E-state index contributed by atoms with van der Waals surface area (Å²) in [5.41, 5.74) is 1.06. The number of unbranched alkanes of at least 4 members (excludes halogenated alkanes) is 1. The SMILES string of the molecule is CCCCOc1cccc(/C(O)=C2\C(=O)C(=O)N(CCCOC)C2c2ccc(OCC)c(OC)c2)c1. The lowest BCUT2D eigenvalue weighted by molar-refractivity contribution is -0.140. The normalized spacial score (nSPS) is 16.9. The molecule has 1 aliphatic rings. The Labute approximate surface area is 212 Å². The average molecular weight is 498 g/mol. The van der Waals surface area contributed by atoms with E-state index in [2.05, 4.69) is 6.92 Å². The van der Waals surface area contributed by atoms with Gasteiger partial charge >= 0.3 is 0 Å². The zero-order valence-corrected chi connectivity index (χ0v) is 21.4. The molecule has 2 aromatic rings. The number of amides is 1. The van der Waals surface area contributed by atoms with E-state index in [4.69, 9.17) is 18.9 Å². The highest BCUT2D eigenvalue weighted by Gasteiger charge is 2.46. The molecular weight excluding hydrogens is 462 g/mol. The number of ether oxygens (including phenoxy) is 4. The zero-order chi connectivity index (χ0) is 26.1. The fraction of sp³-hybridized carbons (Fsp3) is 0.429. The summed E-state index contributed by atoms with van der Waals surface area (Å²) in [5, 5.41) is 11.3. The number of aliphatic hydroxyl groups excluding tert-OH is 1. The van der Waals surface area contributed by atoms with Crippen molar-refractivity contribution in [3.8, 4) is 17.2 Å². The molecule has 1 fully saturated rings. The van der Waals surface area contributed by atoms with Crippen molar-refractivity contribution in [2.75, 3.05) is 40.6 Å².